The average Bonchev–Trinajstić information content (AvgIpc) is 2.88. The number of ether oxygens (including phenoxy) is 2. The van der Waals surface area contributed by atoms with Crippen molar-refractivity contribution < 1.29 is 9.47 Å². The molecule has 0 unspecified atom stereocenters. The Bertz CT molecular complexity index is 523. The molecule has 0 fully saturated rings. The molecule has 104 valence electrons. The molecule has 1 heterocycles. The molecule has 0 saturated carbocycles. The minimum Gasteiger partial charge on any atom is -0.454 e. The lowest BCUT2D eigenvalue weighted by molar-refractivity contribution is 0.174. The molecule has 4 heteroatoms. The van der Waals surface area contributed by atoms with Crippen molar-refractivity contribution in [1.82, 2.24) is 4.90 Å². The van der Waals surface area contributed by atoms with Crippen molar-refractivity contribution in [3.8, 4) is 11.5 Å². The number of hydrogen-bond donors (Lipinski definition) is 0. The van der Waals surface area contributed by atoms with Crippen LogP contribution in [0.5, 0.6) is 11.5 Å². The SMILES string of the molecule is CCCC1=C(N(C)C)c2cc3c(cc2C1)OCO3.Cl. The molecule has 0 bridgehead atoms. The van der Waals surface area contributed by atoms with Crippen molar-refractivity contribution in [2.24, 2.45) is 0 Å². The van der Waals surface area contributed by atoms with Crippen LogP contribution in [-0.4, -0.2) is 25.8 Å². The number of fused-ring (bicyclic) bond motifs is 2. The first kappa shape index (κ1) is 14.1. The molecule has 3 rings (SSSR count). The molecule has 1 aliphatic carbocycles. The number of halogens is 1. The summed E-state index contributed by atoms with van der Waals surface area (Å²) in [6.45, 7) is 2.58. The highest BCUT2D eigenvalue weighted by Crippen LogP contribution is 2.43. The molecule has 0 amide bonds. The van der Waals surface area contributed by atoms with Gasteiger partial charge in [0.05, 0.1) is 0 Å². The second-order valence-electron chi connectivity index (χ2n) is 5.14. The molecule has 2 aliphatic rings. The third-order valence-electron chi connectivity index (χ3n) is 3.59. The van der Waals surface area contributed by atoms with Crippen LogP contribution >= 0.6 is 12.4 Å². The van der Waals surface area contributed by atoms with E-state index >= 15 is 0 Å². The van der Waals surface area contributed by atoms with Crippen molar-refractivity contribution in [3.63, 3.8) is 0 Å². The van der Waals surface area contributed by atoms with E-state index in [1.807, 2.05) is 0 Å². The fraction of sp³-hybridized carbons (Fsp3) is 0.467. The Kier molecular flexibility index (Phi) is 3.95. The summed E-state index contributed by atoms with van der Waals surface area (Å²) in [6.07, 6.45) is 3.40. The van der Waals surface area contributed by atoms with Crippen LogP contribution in [0, 0.1) is 0 Å². The number of benzene rings is 1. The molecule has 1 aromatic carbocycles. The first-order valence-electron chi connectivity index (χ1n) is 6.53. The second kappa shape index (κ2) is 5.33. The normalized spacial score (nSPS) is 15.3. The van der Waals surface area contributed by atoms with E-state index in [2.05, 4.69) is 38.1 Å². The van der Waals surface area contributed by atoms with Gasteiger partial charge in [0.15, 0.2) is 11.5 Å². The fourth-order valence-electron chi connectivity index (χ4n) is 2.92. The lowest BCUT2D eigenvalue weighted by Crippen LogP contribution is -2.10. The number of hydrogen-bond acceptors (Lipinski definition) is 3. The second-order valence-corrected chi connectivity index (χ2v) is 5.14. The monoisotopic (exact) mass is 281 g/mol. The average molecular weight is 282 g/mol. The van der Waals surface area contributed by atoms with Crippen molar-refractivity contribution in [2.75, 3.05) is 20.9 Å². The van der Waals surface area contributed by atoms with Crippen LogP contribution in [0.25, 0.3) is 5.70 Å². The molecule has 0 aromatic heterocycles. The van der Waals surface area contributed by atoms with Crippen molar-refractivity contribution in [2.45, 2.75) is 26.2 Å². The van der Waals surface area contributed by atoms with Crippen molar-refractivity contribution >= 4 is 18.1 Å². The molecule has 0 saturated heterocycles. The minimum absolute atomic E-state index is 0. The number of allylic oxidation sites excluding steroid dienone is 1. The van der Waals surface area contributed by atoms with E-state index in [9.17, 15) is 0 Å². The van der Waals surface area contributed by atoms with Gasteiger partial charge >= 0.3 is 0 Å². The standard InChI is InChI=1S/C15H19NO2.ClH/c1-4-5-10-6-11-7-13-14(18-9-17-13)8-12(11)15(10)16(2)3;/h7-8H,4-6,9H2,1-3H3;1H. The summed E-state index contributed by atoms with van der Waals surface area (Å²) in [5.41, 5.74) is 5.57. The van der Waals surface area contributed by atoms with Gasteiger partial charge in [-0.15, -0.1) is 12.4 Å². The predicted octanol–water partition coefficient (Wildman–Crippen LogP) is 3.47. The lowest BCUT2D eigenvalue weighted by Gasteiger charge is -2.18. The Morgan fingerprint density at radius 1 is 1.16 bits per heavy atom. The molecule has 3 nitrogen and oxygen atoms in total. The zero-order chi connectivity index (χ0) is 12.7. The van der Waals surface area contributed by atoms with Crippen LogP contribution in [0.4, 0.5) is 0 Å². The molecule has 0 N–H and O–H groups in total. The van der Waals surface area contributed by atoms with E-state index in [4.69, 9.17) is 9.47 Å². The summed E-state index contributed by atoms with van der Waals surface area (Å²) in [4.78, 5) is 2.22. The van der Waals surface area contributed by atoms with Crippen LogP contribution in [0.1, 0.15) is 30.9 Å². The molecule has 0 atom stereocenters. The third kappa shape index (κ3) is 2.27. The minimum atomic E-state index is 0. The number of nitrogens with zero attached hydrogens (tertiary/aromatic N) is 1. The fourth-order valence-corrected chi connectivity index (χ4v) is 2.92. The third-order valence-corrected chi connectivity index (χ3v) is 3.59. The maximum atomic E-state index is 5.48. The highest BCUT2D eigenvalue weighted by atomic mass is 35.5. The van der Waals surface area contributed by atoms with Gasteiger partial charge in [0, 0.05) is 25.4 Å². The maximum Gasteiger partial charge on any atom is 0.231 e. The largest absolute Gasteiger partial charge is 0.454 e. The van der Waals surface area contributed by atoms with Gasteiger partial charge in [-0.1, -0.05) is 13.3 Å². The first-order chi connectivity index (χ1) is 8.70. The summed E-state index contributed by atoms with van der Waals surface area (Å²) in [7, 11) is 4.23. The van der Waals surface area contributed by atoms with E-state index in [0.717, 1.165) is 24.3 Å². The summed E-state index contributed by atoms with van der Waals surface area (Å²) in [6, 6.07) is 4.28. The summed E-state index contributed by atoms with van der Waals surface area (Å²) >= 11 is 0. The highest BCUT2D eigenvalue weighted by molar-refractivity contribution is 5.85. The summed E-state index contributed by atoms with van der Waals surface area (Å²) in [5.74, 6) is 1.77. The zero-order valence-corrected chi connectivity index (χ0v) is 12.5. The van der Waals surface area contributed by atoms with Gasteiger partial charge in [0.25, 0.3) is 0 Å². The van der Waals surface area contributed by atoms with Crippen LogP contribution in [-0.2, 0) is 6.42 Å². The van der Waals surface area contributed by atoms with Crippen LogP contribution < -0.4 is 9.47 Å². The quantitative estimate of drug-likeness (QED) is 0.847. The highest BCUT2D eigenvalue weighted by Gasteiger charge is 2.26. The van der Waals surface area contributed by atoms with E-state index < -0.39 is 0 Å². The molecule has 1 aromatic rings. The molecule has 1 aliphatic heterocycles. The number of rotatable bonds is 3. The summed E-state index contributed by atoms with van der Waals surface area (Å²) in [5, 5.41) is 0. The van der Waals surface area contributed by atoms with Gasteiger partial charge in [-0.25, -0.2) is 0 Å². The molecular formula is C15H20ClNO2. The molecule has 0 radical (unpaired) electrons. The Labute approximate surface area is 120 Å². The molecule has 0 spiro atoms. The Morgan fingerprint density at radius 3 is 2.47 bits per heavy atom. The van der Waals surface area contributed by atoms with E-state index in [1.54, 1.807) is 0 Å². The maximum absolute atomic E-state index is 5.48. The smallest absolute Gasteiger partial charge is 0.231 e. The van der Waals surface area contributed by atoms with Gasteiger partial charge in [-0.3, -0.25) is 0 Å². The van der Waals surface area contributed by atoms with Gasteiger partial charge in [0.1, 0.15) is 0 Å². The van der Waals surface area contributed by atoms with Gasteiger partial charge in [-0.2, -0.15) is 0 Å². The van der Waals surface area contributed by atoms with Crippen molar-refractivity contribution in [3.05, 3.63) is 28.8 Å². The van der Waals surface area contributed by atoms with Crippen molar-refractivity contribution in [1.29, 1.82) is 0 Å². The van der Waals surface area contributed by atoms with E-state index in [1.165, 1.54) is 28.8 Å². The van der Waals surface area contributed by atoms with Gasteiger partial charge in [-0.05, 0) is 36.1 Å². The predicted molar refractivity (Wildman–Crippen MR) is 79.0 cm³/mol. The zero-order valence-electron chi connectivity index (χ0n) is 11.7. The van der Waals surface area contributed by atoms with Gasteiger partial charge < -0.3 is 14.4 Å². The topological polar surface area (TPSA) is 21.7 Å². The lowest BCUT2D eigenvalue weighted by atomic mass is 10.1. The Morgan fingerprint density at radius 2 is 1.84 bits per heavy atom. The molecular weight excluding hydrogens is 262 g/mol. The Balaban J connectivity index is 0.00000133. The van der Waals surface area contributed by atoms with Crippen LogP contribution in [0.3, 0.4) is 0 Å². The van der Waals surface area contributed by atoms with E-state index in [-0.39, 0.29) is 12.4 Å². The van der Waals surface area contributed by atoms with Crippen LogP contribution in [0.15, 0.2) is 17.7 Å². The van der Waals surface area contributed by atoms with Crippen LogP contribution in [0.2, 0.25) is 0 Å². The summed E-state index contributed by atoms with van der Waals surface area (Å²) < 4.78 is 10.9. The molecule has 19 heavy (non-hydrogen) atoms. The first-order valence-corrected chi connectivity index (χ1v) is 6.53. The van der Waals surface area contributed by atoms with E-state index in [0.29, 0.717) is 6.79 Å². The van der Waals surface area contributed by atoms with Gasteiger partial charge in [0.2, 0.25) is 6.79 Å². The Hall–Kier alpha value is -1.35.